The van der Waals surface area contributed by atoms with Gasteiger partial charge in [-0.25, -0.2) is 0 Å². The number of hydrogen-bond acceptors (Lipinski definition) is 0. The van der Waals surface area contributed by atoms with Crippen molar-refractivity contribution in [2.75, 3.05) is 0 Å². The van der Waals surface area contributed by atoms with E-state index in [2.05, 4.69) is 55.4 Å². The molecule has 0 aromatic carbocycles. The highest BCUT2D eigenvalue weighted by Crippen LogP contribution is 2.34. The summed E-state index contributed by atoms with van der Waals surface area (Å²) in [4.78, 5) is 0. The van der Waals surface area contributed by atoms with E-state index in [1.165, 1.54) is 6.42 Å². The van der Waals surface area contributed by atoms with E-state index in [4.69, 9.17) is 0 Å². The van der Waals surface area contributed by atoms with E-state index in [0.717, 1.165) is 5.92 Å². The molecule has 0 aliphatic carbocycles. The maximum absolute atomic E-state index is 2.37. The lowest BCUT2D eigenvalue weighted by Gasteiger charge is -2.30. The standard InChI is InChI=1S/C14H28/c1-10(2)13(6)12(5)9-14(7,8)11(3)4/h10-11H,9H2,1-8H3. The summed E-state index contributed by atoms with van der Waals surface area (Å²) < 4.78 is 0. The highest BCUT2D eigenvalue weighted by atomic mass is 14.3. The molecule has 0 radical (unpaired) electrons. The lowest BCUT2D eigenvalue weighted by Crippen LogP contribution is -2.20. The Balaban J connectivity index is 4.61. The molecular weight excluding hydrogens is 168 g/mol. The minimum atomic E-state index is 0.431. The maximum Gasteiger partial charge on any atom is -0.0260 e. The molecule has 0 heteroatoms. The van der Waals surface area contributed by atoms with E-state index < -0.39 is 0 Å². The van der Waals surface area contributed by atoms with Gasteiger partial charge in [-0.05, 0) is 37.5 Å². The summed E-state index contributed by atoms with van der Waals surface area (Å²) in [5.41, 5.74) is 3.58. The zero-order chi connectivity index (χ0) is 11.5. The van der Waals surface area contributed by atoms with Crippen molar-refractivity contribution in [1.82, 2.24) is 0 Å². The fourth-order valence-corrected chi connectivity index (χ4v) is 1.52. The zero-order valence-electron chi connectivity index (χ0n) is 11.4. The molecule has 0 saturated heterocycles. The van der Waals surface area contributed by atoms with E-state index >= 15 is 0 Å². The van der Waals surface area contributed by atoms with Gasteiger partial charge in [0.1, 0.15) is 0 Å². The van der Waals surface area contributed by atoms with Gasteiger partial charge in [-0.1, -0.05) is 52.7 Å². The van der Waals surface area contributed by atoms with Crippen molar-refractivity contribution in [3.05, 3.63) is 11.1 Å². The van der Waals surface area contributed by atoms with Crippen LogP contribution < -0.4 is 0 Å². The molecule has 0 aromatic heterocycles. The third-order valence-corrected chi connectivity index (χ3v) is 3.82. The topological polar surface area (TPSA) is 0 Å². The van der Waals surface area contributed by atoms with Gasteiger partial charge >= 0.3 is 0 Å². The molecule has 0 saturated carbocycles. The third-order valence-electron chi connectivity index (χ3n) is 3.82. The van der Waals surface area contributed by atoms with Crippen LogP contribution in [-0.4, -0.2) is 0 Å². The number of rotatable bonds is 4. The average molecular weight is 196 g/mol. The Morgan fingerprint density at radius 2 is 1.43 bits per heavy atom. The molecule has 0 rings (SSSR count). The predicted octanol–water partition coefficient (Wildman–Crippen LogP) is 5.05. The summed E-state index contributed by atoms with van der Waals surface area (Å²) in [6.45, 7) is 18.5. The van der Waals surface area contributed by atoms with E-state index in [-0.39, 0.29) is 0 Å². The quantitative estimate of drug-likeness (QED) is 0.552. The molecule has 0 N–H and O–H groups in total. The van der Waals surface area contributed by atoms with Gasteiger partial charge in [0.05, 0.1) is 0 Å². The van der Waals surface area contributed by atoms with Gasteiger partial charge in [0.15, 0.2) is 0 Å². The lowest BCUT2D eigenvalue weighted by atomic mass is 9.75. The lowest BCUT2D eigenvalue weighted by molar-refractivity contribution is 0.246. The molecule has 0 aromatic rings. The van der Waals surface area contributed by atoms with Gasteiger partial charge < -0.3 is 0 Å². The first-order valence-electron chi connectivity index (χ1n) is 5.84. The maximum atomic E-state index is 2.37. The van der Waals surface area contributed by atoms with Gasteiger partial charge in [0.25, 0.3) is 0 Å². The van der Waals surface area contributed by atoms with E-state index in [1.807, 2.05) is 0 Å². The van der Waals surface area contributed by atoms with Crippen LogP contribution in [0, 0.1) is 17.3 Å². The first-order chi connectivity index (χ1) is 6.18. The Hall–Kier alpha value is -0.260. The van der Waals surface area contributed by atoms with Crippen LogP contribution in [-0.2, 0) is 0 Å². The van der Waals surface area contributed by atoms with Gasteiger partial charge in [0, 0.05) is 0 Å². The summed E-state index contributed by atoms with van der Waals surface area (Å²) in [5, 5.41) is 0. The molecule has 0 heterocycles. The van der Waals surface area contributed by atoms with Crippen molar-refractivity contribution in [2.45, 2.75) is 61.8 Å². The monoisotopic (exact) mass is 196 g/mol. The molecule has 0 aliphatic rings. The van der Waals surface area contributed by atoms with Crippen LogP contribution >= 0.6 is 0 Å². The summed E-state index contributed by atoms with van der Waals surface area (Å²) >= 11 is 0. The minimum absolute atomic E-state index is 0.431. The van der Waals surface area contributed by atoms with Gasteiger partial charge in [-0.3, -0.25) is 0 Å². The summed E-state index contributed by atoms with van der Waals surface area (Å²) in [7, 11) is 0. The van der Waals surface area contributed by atoms with Crippen LogP contribution in [0.3, 0.4) is 0 Å². The predicted molar refractivity (Wildman–Crippen MR) is 66.4 cm³/mol. The Morgan fingerprint density at radius 1 is 1.00 bits per heavy atom. The van der Waals surface area contributed by atoms with Crippen molar-refractivity contribution < 1.29 is 0 Å². The second kappa shape index (κ2) is 5.00. The summed E-state index contributed by atoms with van der Waals surface area (Å²) in [5.74, 6) is 1.44. The molecule has 0 amide bonds. The van der Waals surface area contributed by atoms with Gasteiger partial charge in [0.2, 0.25) is 0 Å². The van der Waals surface area contributed by atoms with Crippen molar-refractivity contribution >= 4 is 0 Å². The molecule has 14 heavy (non-hydrogen) atoms. The Morgan fingerprint density at radius 3 is 1.71 bits per heavy atom. The number of allylic oxidation sites excluding steroid dienone is 2. The molecule has 0 spiro atoms. The number of hydrogen-bond donors (Lipinski definition) is 0. The van der Waals surface area contributed by atoms with Crippen molar-refractivity contribution in [1.29, 1.82) is 0 Å². The van der Waals surface area contributed by atoms with Crippen LogP contribution in [0.25, 0.3) is 0 Å². The molecule has 0 bridgehead atoms. The minimum Gasteiger partial charge on any atom is -0.0736 e. The Bertz CT molecular complexity index is 204. The van der Waals surface area contributed by atoms with Crippen LogP contribution in [0.5, 0.6) is 0 Å². The smallest absolute Gasteiger partial charge is 0.0260 e. The molecular formula is C14H28. The van der Waals surface area contributed by atoms with Crippen LogP contribution in [0.1, 0.15) is 61.8 Å². The van der Waals surface area contributed by atoms with Crippen LogP contribution in [0.2, 0.25) is 0 Å². The molecule has 0 unspecified atom stereocenters. The van der Waals surface area contributed by atoms with E-state index in [0.29, 0.717) is 11.3 Å². The van der Waals surface area contributed by atoms with E-state index in [1.54, 1.807) is 11.1 Å². The molecule has 0 atom stereocenters. The molecule has 0 aliphatic heterocycles. The van der Waals surface area contributed by atoms with Crippen molar-refractivity contribution in [2.24, 2.45) is 17.3 Å². The largest absolute Gasteiger partial charge is 0.0736 e. The van der Waals surface area contributed by atoms with Crippen molar-refractivity contribution in [3.63, 3.8) is 0 Å². The fraction of sp³-hybridized carbons (Fsp3) is 0.857. The summed E-state index contributed by atoms with van der Waals surface area (Å²) in [6, 6.07) is 0. The van der Waals surface area contributed by atoms with Crippen LogP contribution in [0.4, 0.5) is 0 Å². The molecule has 0 nitrogen and oxygen atoms in total. The first-order valence-corrected chi connectivity index (χ1v) is 5.84. The van der Waals surface area contributed by atoms with Gasteiger partial charge in [-0.15, -0.1) is 0 Å². The Kier molecular flexibility index (Phi) is 4.91. The Labute approximate surface area is 90.8 Å². The molecule has 0 fully saturated rings. The normalized spacial score (nSPS) is 15.0. The van der Waals surface area contributed by atoms with Crippen LogP contribution in [0.15, 0.2) is 11.1 Å². The van der Waals surface area contributed by atoms with Crippen molar-refractivity contribution in [3.8, 4) is 0 Å². The zero-order valence-corrected chi connectivity index (χ0v) is 11.4. The second-order valence-electron chi connectivity index (χ2n) is 5.94. The molecule has 84 valence electrons. The summed E-state index contributed by atoms with van der Waals surface area (Å²) in [6.07, 6.45) is 1.23. The van der Waals surface area contributed by atoms with Gasteiger partial charge in [-0.2, -0.15) is 0 Å². The van der Waals surface area contributed by atoms with E-state index in [9.17, 15) is 0 Å². The SMILES string of the molecule is CC(CC(C)(C)C(C)C)=C(C)C(C)C. The first kappa shape index (κ1) is 13.7. The fourth-order valence-electron chi connectivity index (χ4n) is 1.52. The highest BCUT2D eigenvalue weighted by molar-refractivity contribution is 5.13. The average Bonchev–Trinajstić information content (AvgIpc) is 2.01. The second-order valence-corrected chi connectivity index (χ2v) is 5.94. The third kappa shape index (κ3) is 3.86. The highest BCUT2D eigenvalue weighted by Gasteiger charge is 2.23.